The Morgan fingerprint density at radius 3 is 2.57 bits per heavy atom. The van der Waals surface area contributed by atoms with Crippen molar-refractivity contribution in [1.29, 1.82) is 0 Å². The highest BCUT2D eigenvalue weighted by Gasteiger charge is 2.36. The maximum atomic E-state index is 12.2. The lowest BCUT2D eigenvalue weighted by Crippen LogP contribution is -2.51. The van der Waals surface area contributed by atoms with Gasteiger partial charge in [0.25, 0.3) is 0 Å². The number of carbonyl (C=O) groups is 3. The van der Waals surface area contributed by atoms with Crippen LogP contribution in [0.1, 0.15) is 52.4 Å². The van der Waals surface area contributed by atoms with Crippen LogP contribution in [0.25, 0.3) is 0 Å². The summed E-state index contributed by atoms with van der Waals surface area (Å²) in [7, 11) is 0. The third-order valence-electron chi connectivity index (χ3n) is 3.95. The van der Waals surface area contributed by atoms with E-state index in [1.165, 1.54) is 11.8 Å². The zero-order valence-electron chi connectivity index (χ0n) is 12.9. The molecule has 0 saturated carbocycles. The predicted octanol–water partition coefficient (Wildman–Crippen LogP) is 1.39. The smallest absolute Gasteiger partial charge is 0.326 e. The van der Waals surface area contributed by atoms with Crippen LogP contribution in [0.2, 0.25) is 0 Å². The highest BCUT2D eigenvalue weighted by atomic mass is 16.4. The summed E-state index contributed by atoms with van der Waals surface area (Å²) < 4.78 is 0. The number of nitrogens with one attached hydrogen (secondary N) is 1. The number of carboxylic acids is 1. The minimum absolute atomic E-state index is 0.0139. The van der Waals surface area contributed by atoms with Crippen LogP contribution in [0.5, 0.6) is 0 Å². The van der Waals surface area contributed by atoms with E-state index in [4.69, 9.17) is 0 Å². The average molecular weight is 298 g/mol. The summed E-state index contributed by atoms with van der Waals surface area (Å²) in [6, 6.07) is -0.675. The maximum Gasteiger partial charge on any atom is 0.326 e. The van der Waals surface area contributed by atoms with Crippen molar-refractivity contribution in [2.75, 3.05) is 13.1 Å². The molecular formula is C15H26N2O4. The van der Waals surface area contributed by atoms with E-state index in [-0.39, 0.29) is 17.7 Å². The Morgan fingerprint density at radius 1 is 1.24 bits per heavy atom. The third-order valence-corrected chi connectivity index (χ3v) is 3.95. The van der Waals surface area contributed by atoms with E-state index in [0.717, 1.165) is 32.1 Å². The molecule has 1 aliphatic rings. The first-order valence-corrected chi connectivity index (χ1v) is 7.70. The van der Waals surface area contributed by atoms with Gasteiger partial charge in [-0.2, -0.15) is 0 Å². The van der Waals surface area contributed by atoms with E-state index >= 15 is 0 Å². The quantitative estimate of drug-likeness (QED) is 0.695. The minimum Gasteiger partial charge on any atom is -0.480 e. The van der Waals surface area contributed by atoms with Crippen LogP contribution < -0.4 is 5.32 Å². The third kappa shape index (κ3) is 5.73. The van der Waals surface area contributed by atoms with Crippen LogP contribution in [0, 0.1) is 5.92 Å². The fraction of sp³-hybridized carbons (Fsp3) is 0.800. The molecule has 1 saturated heterocycles. The van der Waals surface area contributed by atoms with Gasteiger partial charge in [0, 0.05) is 26.4 Å². The monoisotopic (exact) mass is 298 g/mol. The molecule has 2 unspecified atom stereocenters. The van der Waals surface area contributed by atoms with Gasteiger partial charge in [-0.05, 0) is 31.6 Å². The minimum atomic E-state index is -0.902. The van der Waals surface area contributed by atoms with Crippen molar-refractivity contribution < 1.29 is 19.5 Å². The van der Waals surface area contributed by atoms with Crippen molar-refractivity contribution in [2.24, 2.45) is 5.92 Å². The first-order chi connectivity index (χ1) is 9.93. The zero-order valence-corrected chi connectivity index (χ0v) is 12.9. The lowest BCUT2D eigenvalue weighted by molar-refractivity contribution is -0.154. The molecule has 1 aliphatic heterocycles. The molecule has 2 atom stereocenters. The topological polar surface area (TPSA) is 86.7 Å². The number of carbonyl (C=O) groups excluding carboxylic acids is 2. The van der Waals surface area contributed by atoms with Crippen LogP contribution in [-0.2, 0) is 14.4 Å². The second-order valence-electron chi connectivity index (χ2n) is 5.78. The Bertz CT molecular complexity index is 384. The highest BCUT2D eigenvalue weighted by Crippen LogP contribution is 2.24. The molecule has 0 aliphatic carbocycles. The largest absolute Gasteiger partial charge is 0.480 e. The summed E-state index contributed by atoms with van der Waals surface area (Å²) in [5, 5.41) is 12.0. The van der Waals surface area contributed by atoms with Gasteiger partial charge in [-0.15, -0.1) is 0 Å². The molecule has 0 radical (unpaired) electrons. The van der Waals surface area contributed by atoms with E-state index in [1.807, 2.05) is 6.92 Å². The van der Waals surface area contributed by atoms with E-state index in [0.29, 0.717) is 19.5 Å². The molecule has 6 heteroatoms. The van der Waals surface area contributed by atoms with E-state index < -0.39 is 12.0 Å². The summed E-state index contributed by atoms with van der Waals surface area (Å²) in [6.45, 7) is 4.55. The zero-order chi connectivity index (χ0) is 15.8. The fourth-order valence-electron chi connectivity index (χ4n) is 2.83. The lowest BCUT2D eigenvalue weighted by atomic mass is 9.90. The van der Waals surface area contributed by atoms with Gasteiger partial charge >= 0.3 is 5.97 Å². The van der Waals surface area contributed by atoms with Crippen molar-refractivity contribution in [3.8, 4) is 0 Å². The van der Waals surface area contributed by atoms with Gasteiger partial charge in [0.15, 0.2) is 0 Å². The molecule has 120 valence electrons. The number of hydrogen-bond acceptors (Lipinski definition) is 3. The molecule has 0 bridgehead atoms. The highest BCUT2D eigenvalue weighted by molar-refractivity contribution is 5.84. The van der Waals surface area contributed by atoms with Gasteiger partial charge in [-0.3, -0.25) is 9.59 Å². The number of amides is 2. The maximum absolute atomic E-state index is 12.2. The normalized spacial score (nSPS) is 21.9. The molecule has 0 aromatic carbocycles. The lowest BCUT2D eigenvalue weighted by Gasteiger charge is -2.37. The average Bonchev–Trinajstić information content (AvgIpc) is 2.41. The summed E-state index contributed by atoms with van der Waals surface area (Å²) in [5.74, 6) is -0.993. The van der Waals surface area contributed by atoms with Crippen molar-refractivity contribution in [1.82, 2.24) is 10.2 Å². The number of nitrogens with zero attached hydrogens (tertiary/aromatic N) is 1. The molecule has 2 amide bonds. The van der Waals surface area contributed by atoms with Gasteiger partial charge in [0.2, 0.25) is 11.8 Å². The number of likely N-dealkylation sites (tertiary alicyclic amines) is 1. The van der Waals surface area contributed by atoms with Crippen LogP contribution in [0.3, 0.4) is 0 Å². The number of aliphatic carboxylic acids is 1. The van der Waals surface area contributed by atoms with Crippen molar-refractivity contribution in [3.05, 3.63) is 0 Å². The molecule has 1 fully saturated rings. The Morgan fingerprint density at radius 2 is 1.95 bits per heavy atom. The van der Waals surface area contributed by atoms with Crippen LogP contribution >= 0.6 is 0 Å². The van der Waals surface area contributed by atoms with Crippen molar-refractivity contribution in [2.45, 2.75) is 58.4 Å². The number of hydrogen-bond donors (Lipinski definition) is 2. The Labute approximate surface area is 125 Å². The van der Waals surface area contributed by atoms with Gasteiger partial charge in [-0.25, -0.2) is 4.79 Å². The van der Waals surface area contributed by atoms with Crippen LogP contribution in [0.4, 0.5) is 0 Å². The number of unbranched alkanes of at least 4 members (excludes halogenated alkanes) is 2. The van der Waals surface area contributed by atoms with Crippen molar-refractivity contribution >= 4 is 17.8 Å². The molecule has 2 N–H and O–H groups in total. The Hall–Kier alpha value is -1.59. The number of carboxylic acid groups (broad SMARTS) is 1. The van der Waals surface area contributed by atoms with Crippen LogP contribution in [-0.4, -0.2) is 46.9 Å². The molecule has 0 spiro atoms. The standard InChI is InChI=1S/C15H26N2O4/c1-11-7-6-10-17(14(11)15(20)21)13(19)8-4-3-5-9-16-12(2)18/h11,14H,3-10H2,1-2H3,(H,16,18)(H,20,21). The van der Waals surface area contributed by atoms with E-state index in [9.17, 15) is 19.5 Å². The van der Waals surface area contributed by atoms with Crippen molar-refractivity contribution in [3.63, 3.8) is 0 Å². The van der Waals surface area contributed by atoms with Gasteiger partial charge in [0.05, 0.1) is 0 Å². The first kappa shape index (κ1) is 17.5. The van der Waals surface area contributed by atoms with E-state index in [1.54, 1.807) is 0 Å². The molecular weight excluding hydrogens is 272 g/mol. The predicted molar refractivity (Wildman–Crippen MR) is 78.7 cm³/mol. The first-order valence-electron chi connectivity index (χ1n) is 7.70. The van der Waals surface area contributed by atoms with Gasteiger partial charge in [0.1, 0.15) is 6.04 Å². The summed E-state index contributed by atoms with van der Waals surface area (Å²) >= 11 is 0. The second kappa shape index (κ2) is 8.64. The van der Waals surface area contributed by atoms with Crippen LogP contribution in [0.15, 0.2) is 0 Å². The fourth-order valence-corrected chi connectivity index (χ4v) is 2.83. The molecule has 6 nitrogen and oxygen atoms in total. The van der Waals surface area contributed by atoms with Gasteiger partial charge in [-0.1, -0.05) is 13.3 Å². The SMILES string of the molecule is CC(=O)NCCCCCC(=O)N1CCCC(C)C1C(=O)O. The Kier molecular flexibility index (Phi) is 7.19. The Balaban J connectivity index is 2.33. The summed E-state index contributed by atoms with van der Waals surface area (Å²) in [5.41, 5.74) is 0. The summed E-state index contributed by atoms with van der Waals surface area (Å²) in [6.07, 6.45) is 4.54. The summed E-state index contributed by atoms with van der Waals surface area (Å²) in [4.78, 5) is 35.7. The molecule has 1 rings (SSSR count). The van der Waals surface area contributed by atoms with E-state index in [2.05, 4.69) is 5.32 Å². The second-order valence-corrected chi connectivity index (χ2v) is 5.78. The molecule has 21 heavy (non-hydrogen) atoms. The number of piperidine rings is 1. The molecule has 1 heterocycles. The molecule has 0 aromatic heterocycles. The number of rotatable bonds is 7. The van der Waals surface area contributed by atoms with Gasteiger partial charge < -0.3 is 15.3 Å². The molecule has 0 aromatic rings.